The van der Waals surface area contributed by atoms with Crippen LogP contribution < -0.4 is 0 Å². The number of hydrogen-bond donors (Lipinski definition) is 0. The molecule has 0 saturated heterocycles. The predicted octanol–water partition coefficient (Wildman–Crippen LogP) is 2.56. The van der Waals surface area contributed by atoms with Crippen LogP contribution in [-0.2, 0) is 18.2 Å². The minimum atomic E-state index is -0.320. The van der Waals surface area contributed by atoms with Crippen LogP contribution in [0.4, 0.5) is 0 Å². The van der Waals surface area contributed by atoms with E-state index >= 15 is 0 Å². The number of methoxy groups -OCH3 is 1. The number of benzene rings is 1. The number of aryl methyl sites for hydroxylation is 1. The number of carbonyl (C=O) groups excluding carboxylic acids is 1. The zero-order valence-electron chi connectivity index (χ0n) is 11.2. The Kier molecular flexibility index (Phi) is 3.36. The quantitative estimate of drug-likeness (QED) is 0.782. The summed E-state index contributed by atoms with van der Waals surface area (Å²) in [5.74, 6) is 0.213. The molecular formula is C14H18N2O2. The molecule has 1 aromatic heterocycles. The molecular weight excluding hydrogens is 228 g/mol. The largest absolute Gasteiger partial charge is 0.465 e. The molecule has 0 N–H and O–H groups in total. The molecule has 2 aromatic rings. The van der Waals surface area contributed by atoms with Gasteiger partial charge < -0.3 is 4.74 Å². The molecule has 0 aliphatic rings. The van der Waals surface area contributed by atoms with E-state index in [0.717, 1.165) is 23.0 Å². The van der Waals surface area contributed by atoms with Crippen molar-refractivity contribution in [3.05, 3.63) is 29.5 Å². The fourth-order valence-corrected chi connectivity index (χ4v) is 2.22. The molecule has 0 unspecified atom stereocenters. The van der Waals surface area contributed by atoms with Crippen molar-refractivity contribution in [3.8, 4) is 0 Å². The number of aromatic nitrogens is 2. The molecule has 2 rings (SSSR count). The maximum atomic E-state index is 11.7. The second kappa shape index (κ2) is 4.80. The highest BCUT2D eigenvalue weighted by Crippen LogP contribution is 2.24. The Hall–Kier alpha value is -1.84. The summed E-state index contributed by atoms with van der Waals surface area (Å²) in [6, 6.07) is 5.65. The van der Waals surface area contributed by atoms with Crippen LogP contribution in [0.5, 0.6) is 0 Å². The molecule has 0 amide bonds. The minimum absolute atomic E-state index is 0.320. The van der Waals surface area contributed by atoms with Crippen molar-refractivity contribution in [2.75, 3.05) is 7.11 Å². The van der Waals surface area contributed by atoms with Gasteiger partial charge in [-0.3, -0.25) is 4.68 Å². The summed E-state index contributed by atoms with van der Waals surface area (Å²) in [6.45, 7) is 4.31. The van der Waals surface area contributed by atoms with Crippen LogP contribution in [0.15, 0.2) is 18.2 Å². The van der Waals surface area contributed by atoms with Gasteiger partial charge in [-0.15, -0.1) is 0 Å². The van der Waals surface area contributed by atoms with Gasteiger partial charge in [0.1, 0.15) is 0 Å². The third kappa shape index (κ3) is 2.10. The molecule has 0 aliphatic carbocycles. The highest BCUT2D eigenvalue weighted by Gasteiger charge is 2.17. The summed E-state index contributed by atoms with van der Waals surface area (Å²) in [4.78, 5) is 11.7. The Morgan fingerprint density at radius 2 is 2.17 bits per heavy atom. The van der Waals surface area contributed by atoms with Gasteiger partial charge in [-0.2, -0.15) is 5.10 Å². The maximum absolute atomic E-state index is 11.7. The molecule has 0 saturated carbocycles. The van der Waals surface area contributed by atoms with Gasteiger partial charge in [0.05, 0.1) is 23.9 Å². The number of para-hydroxylation sites is 1. The molecule has 18 heavy (non-hydrogen) atoms. The van der Waals surface area contributed by atoms with Gasteiger partial charge in [-0.05, 0) is 18.4 Å². The van der Waals surface area contributed by atoms with Crippen LogP contribution in [-0.4, -0.2) is 22.9 Å². The normalized spacial score (nSPS) is 11.2. The fraction of sp³-hybridized carbons (Fsp3) is 0.429. The molecule has 1 aromatic carbocycles. The van der Waals surface area contributed by atoms with Crippen LogP contribution >= 0.6 is 0 Å². The summed E-state index contributed by atoms with van der Waals surface area (Å²) < 4.78 is 6.57. The van der Waals surface area contributed by atoms with Crippen molar-refractivity contribution in [3.63, 3.8) is 0 Å². The zero-order chi connectivity index (χ0) is 13.3. The molecule has 1 heterocycles. The van der Waals surface area contributed by atoms with Gasteiger partial charge in [0, 0.05) is 12.4 Å². The zero-order valence-corrected chi connectivity index (χ0v) is 11.2. The van der Waals surface area contributed by atoms with Crippen LogP contribution in [0.3, 0.4) is 0 Å². The smallest absolute Gasteiger partial charge is 0.340 e. The van der Waals surface area contributed by atoms with E-state index in [-0.39, 0.29) is 5.97 Å². The summed E-state index contributed by atoms with van der Waals surface area (Å²) in [6.07, 6.45) is 0.905. The SMILES string of the molecule is COC(=O)c1cccc2c(CC(C)C)nn(C)c12. The first kappa shape index (κ1) is 12.6. The molecule has 0 radical (unpaired) electrons. The first-order valence-corrected chi connectivity index (χ1v) is 6.07. The van der Waals surface area contributed by atoms with Crippen LogP contribution in [0.25, 0.3) is 10.9 Å². The standard InChI is InChI=1S/C14H18N2O2/c1-9(2)8-12-10-6-5-7-11(14(17)18-4)13(10)16(3)15-12/h5-7,9H,8H2,1-4H3. The number of hydrogen-bond acceptors (Lipinski definition) is 3. The van der Waals surface area contributed by atoms with E-state index < -0.39 is 0 Å². The fourth-order valence-electron chi connectivity index (χ4n) is 2.22. The van der Waals surface area contributed by atoms with E-state index in [1.54, 1.807) is 10.7 Å². The van der Waals surface area contributed by atoms with Crippen molar-refractivity contribution >= 4 is 16.9 Å². The lowest BCUT2D eigenvalue weighted by Gasteiger charge is -2.03. The van der Waals surface area contributed by atoms with Gasteiger partial charge in [-0.1, -0.05) is 26.0 Å². The average molecular weight is 246 g/mol. The van der Waals surface area contributed by atoms with Crippen molar-refractivity contribution in [2.24, 2.45) is 13.0 Å². The lowest BCUT2D eigenvalue weighted by Crippen LogP contribution is -2.04. The first-order chi connectivity index (χ1) is 8.54. The topological polar surface area (TPSA) is 44.1 Å². The summed E-state index contributed by atoms with van der Waals surface area (Å²) in [5, 5.41) is 5.55. The highest BCUT2D eigenvalue weighted by atomic mass is 16.5. The second-order valence-electron chi connectivity index (χ2n) is 4.86. The molecule has 0 spiro atoms. The van der Waals surface area contributed by atoms with E-state index in [1.165, 1.54) is 7.11 Å². The third-order valence-electron chi connectivity index (χ3n) is 2.95. The lowest BCUT2D eigenvalue weighted by molar-refractivity contribution is 0.0602. The summed E-state index contributed by atoms with van der Waals surface area (Å²) >= 11 is 0. The predicted molar refractivity (Wildman–Crippen MR) is 70.6 cm³/mol. The van der Waals surface area contributed by atoms with Gasteiger partial charge in [0.2, 0.25) is 0 Å². The van der Waals surface area contributed by atoms with E-state index in [2.05, 4.69) is 18.9 Å². The Morgan fingerprint density at radius 3 is 2.78 bits per heavy atom. The number of ether oxygens (including phenoxy) is 1. The molecule has 0 aliphatic heterocycles. The Labute approximate surface area is 107 Å². The molecule has 0 atom stereocenters. The van der Waals surface area contributed by atoms with Gasteiger partial charge in [-0.25, -0.2) is 4.79 Å². The third-order valence-corrected chi connectivity index (χ3v) is 2.95. The van der Waals surface area contributed by atoms with Crippen LogP contribution in [0, 0.1) is 5.92 Å². The van der Waals surface area contributed by atoms with Crippen molar-refractivity contribution in [1.82, 2.24) is 9.78 Å². The van der Waals surface area contributed by atoms with Crippen LogP contribution in [0.2, 0.25) is 0 Å². The number of rotatable bonds is 3. The monoisotopic (exact) mass is 246 g/mol. The molecule has 0 bridgehead atoms. The molecule has 4 nitrogen and oxygen atoms in total. The molecule has 96 valence electrons. The Balaban J connectivity index is 2.64. The van der Waals surface area contributed by atoms with Gasteiger partial charge >= 0.3 is 5.97 Å². The van der Waals surface area contributed by atoms with Gasteiger partial charge in [0.25, 0.3) is 0 Å². The second-order valence-corrected chi connectivity index (χ2v) is 4.86. The minimum Gasteiger partial charge on any atom is -0.465 e. The van der Waals surface area contributed by atoms with E-state index in [4.69, 9.17) is 4.74 Å². The maximum Gasteiger partial charge on any atom is 0.340 e. The van der Waals surface area contributed by atoms with Crippen molar-refractivity contribution < 1.29 is 9.53 Å². The highest BCUT2D eigenvalue weighted by molar-refractivity contribution is 6.03. The lowest BCUT2D eigenvalue weighted by atomic mass is 10.0. The Morgan fingerprint density at radius 1 is 1.44 bits per heavy atom. The first-order valence-electron chi connectivity index (χ1n) is 6.07. The van der Waals surface area contributed by atoms with E-state index in [9.17, 15) is 4.79 Å². The van der Waals surface area contributed by atoms with E-state index in [0.29, 0.717) is 11.5 Å². The average Bonchev–Trinajstić information content (AvgIpc) is 2.65. The van der Waals surface area contributed by atoms with Crippen molar-refractivity contribution in [2.45, 2.75) is 20.3 Å². The van der Waals surface area contributed by atoms with Crippen LogP contribution in [0.1, 0.15) is 29.9 Å². The number of esters is 1. The number of carbonyl (C=O) groups is 1. The van der Waals surface area contributed by atoms with Gasteiger partial charge in [0.15, 0.2) is 0 Å². The number of fused-ring (bicyclic) bond motifs is 1. The summed E-state index contributed by atoms with van der Waals surface area (Å²) in [5.41, 5.74) is 2.45. The summed E-state index contributed by atoms with van der Waals surface area (Å²) in [7, 11) is 3.26. The molecule has 4 heteroatoms. The Bertz CT molecular complexity index is 585. The number of nitrogens with zero attached hydrogens (tertiary/aromatic N) is 2. The van der Waals surface area contributed by atoms with Crippen molar-refractivity contribution in [1.29, 1.82) is 0 Å². The molecule has 0 fully saturated rings. The van der Waals surface area contributed by atoms with E-state index in [1.807, 2.05) is 19.2 Å².